The van der Waals surface area contributed by atoms with Gasteiger partial charge in [0.2, 0.25) is 0 Å². The van der Waals surface area contributed by atoms with Gasteiger partial charge in [-0.25, -0.2) is 0 Å². The number of nitrogens with zero attached hydrogens (tertiary/aromatic N) is 4. The maximum Gasteiger partial charge on any atom is 0.119 e. The lowest BCUT2D eigenvalue weighted by Crippen LogP contribution is -1.97. The molecule has 0 saturated carbocycles. The van der Waals surface area contributed by atoms with Gasteiger partial charge in [0, 0.05) is 33.8 Å². The first-order chi connectivity index (χ1) is 26.7. The van der Waals surface area contributed by atoms with Gasteiger partial charge in [0.15, 0.2) is 0 Å². The molecule has 0 fully saturated rings. The quantitative estimate of drug-likeness (QED) is 0.0594. The molecule has 0 bridgehead atoms. The van der Waals surface area contributed by atoms with E-state index in [1.54, 1.807) is 0 Å². The van der Waals surface area contributed by atoms with Crippen molar-refractivity contribution < 1.29 is 9.47 Å². The summed E-state index contributed by atoms with van der Waals surface area (Å²) >= 11 is 0. The number of nitrogens with one attached hydrogen (secondary N) is 1. The van der Waals surface area contributed by atoms with Gasteiger partial charge in [-0.2, -0.15) is 5.11 Å². The van der Waals surface area contributed by atoms with Crippen molar-refractivity contribution in [3.05, 3.63) is 133 Å². The van der Waals surface area contributed by atoms with E-state index in [0.29, 0.717) is 0 Å². The summed E-state index contributed by atoms with van der Waals surface area (Å²) in [5.41, 5.74) is 5.38. The average molecular weight is 718 g/mol. The molecule has 0 aliphatic carbocycles. The van der Waals surface area contributed by atoms with Gasteiger partial charge in [0.05, 0.1) is 36.0 Å². The minimum atomic E-state index is 0.727. The van der Waals surface area contributed by atoms with Crippen molar-refractivity contribution in [3.63, 3.8) is 0 Å². The standard InChI is InChI=1S/C47H51N5O2/c1-3-36-22-26-38(27-23-36)53-34-16-10-8-6-5-7-9-11-17-35-54-39-28-24-37(25-29-39)49-50-45-32-33-47(43-21-15-14-20-42(43)45)52-51-46-31-30-44(48-4-2)40-18-12-13-19-41(40)46/h3,12-15,18-33,48H,1,4-11,16-17,34-35H2,2H3/b50-49+,52-51+. The molecule has 0 aliphatic rings. The molecule has 0 heterocycles. The van der Waals surface area contributed by atoms with E-state index in [0.717, 1.165) is 99.6 Å². The van der Waals surface area contributed by atoms with Crippen molar-refractivity contribution in [2.75, 3.05) is 25.1 Å². The van der Waals surface area contributed by atoms with Crippen LogP contribution in [0, 0.1) is 0 Å². The maximum absolute atomic E-state index is 6.01. The molecule has 0 unspecified atom stereocenters. The molecule has 7 nitrogen and oxygen atoms in total. The van der Waals surface area contributed by atoms with Crippen LogP contribution in [0.25, 0.3) is 27.6 Å². The van der Waals surface area contributed by atoms with Crippen LogP contribution in [0.15, 0.2) is 148 Å². The van der Waals surface area contributed by atoms with Crippen molar-refractivity contribution in [2.24, 2.45) is 20.5 Å². The second-order valence-electron chi connectivity index (χ2n) is 13.4. The van der Waals surface area contributed by atoms with E-state index >= 15 is 0 Å². The lowest BCUT2D eigenvalue weighted by atomic mass is 10.1. The number of fused-ring (bicyclic) bond motifs is 2. The lowest BCUT2D eigenvalue weighted by Gasteiger charge is -2.09. The molecule has 6 aromatic rings. The third kappa shape index (κ3) is 10.9. The highest BCUT2D eigenvalue weighted by Gasteiger charge is 2.08. The highest BCUT2D eigenvalue weighted by molar-refractivity contribution is 6.01. The second-order valence-corrected chi connectivity index (χ2v) is 13.4. The second kappa shape index (κ2) is 20.4. The molecule has 0 atom stereocenters. The Hall–Kier alpha value is -5.82. The Balaban J connectivity index is 0.904. The monoisotopic (exact) mass is 717 g/mol. The Bertz CT molecular complexity index is 2140. The number of hydrogen-bond acceptors (Lipinski definition) is 7. The number of rotatable bonds is 21. The molecule has 7 heteroatoms. The van der Waals surface area contributed by atoms with Gasteiger partial charge in [0.25, 0.3) is 0 Å². The Kier molecular flexibility index (Phi) is 14.3. The molecule has 0 spiro atoms. The normalized spacial score (nSPS) is 11.5. The SMILES string of the molecule is C=Cc1ccc(OCCCCCCCCCCCOc2ccc(/N=N/c3ccc(/N=N/c4ccc(NCC)c5ccccc45)c4ccccc34)cc2)cc1. The van der Waals surface area contributed by atoms with Gasteiger partial charge < -0.3 is 14.8 Å². The fourth-order valence-corrected chi connectivity index (χ4v) is 6.51. The van der Waals surface area contributed by atoms with Crippen molar-refractivity contribution in [1.29, 1.82) is 0 Å². The van der Waals surface area contributed by atoms with Crippen molar-refractivity contribution in [1.82, 2.24) is 0 Å². The van der Waals surface area contributed by atoms with Crippen molar-refractivity contribution in [3.8, 4) is 11.5 Å². The van der Waals surface area contributed by atoms with Crippen LogP contribution in [-0.4, -0.2) is 19.8 Å². The van der Waals surface area contributed by atoms with Gasteiger partial charge in [-0.3, -0.25) is 0 Å². The fourth-order valence-electron chi connectivity index (χ4n) is 6.51. The third-order valence-corrected chi connectivity index (χ3v) is 9.46. The summed E-state index contributed by atoms with van der Waals surface area (Å²) in [6, 6.07) is 40.3. The van der Waals surface area contributed by atoms with E-state index in [1.807, 2.05) is 109 Å². The summed E-state index contributed by atoms with van der Waals surface area (Å²) in [4.78, 5) is 0. The van der Waals surface area contributed by atoms with Crippen LogP contribution in [-0.2, 0) is 0 Å². The topological polar surface area (TPSA) is 79.9 Å². The number of anilines is 1. The maximum atomic E-state index is 6.01. The first-order valence-electron chi connectivity index (χ1n) is 19.4. The Morgan fingerprint density at radius 2 is 0.907 bits per heavy atom. The smallest absolute Gasteiger partial charge is 0.119 e. The van der Waals surface area contributed by atoms with Crippen LogP contribution >= 0.6 is 0 Å². The minimum Gasteiger partial charge on any atom is -0.494 e. The van der Waals surface area contributed by atoms with Crippen LogP contribution in [0.5, 0.6) is 11.5 Å². The Morgan fingerprint density at radius 1 is 0.481 bits per heavy atom. The minimum absolute atomic E-state index is 0.727. The molecule has 6 rings (SSSR count). The zero-order chi connectivity index (χ0) is 37.2. The number of hydrogen-bond donors (Lipinski definition) is 1. The molecule has 54 heavy (non-hydrogen) atoms. The number of azo groups is 2. The molecule has 0 saturated heterocycles. The molecule has 276 valence electrons. The molecule has 0 aromatic heterocycles. The summed E-state index contributed by atoms with van der Waals surface area (Å²) in [5.74, 6) is 1.80. The van der Waals surface area contributed by atoms with E-state index in [1.165, 1.54) is 44.9 Å². The average Bonchev–Trinajstić information content (AvgIpc) is 3.22. The zero-order valence-electron chi connectivity index (χ0n) is 31.4. The van der Waals surface area contributed by atoms with Crippen molar-refractivity contribution in [2.45, 2.75) is 64.7 Å². The van der Waals surface area contributed by atoms with E-state index in [9.17, 15) is 0 Å². The van der Waals surface area contributed by atoms with E-state index in [4.69, 9.17) is 9.47 Å². The van der Waals surface area contributed by atoms with Gasteiger partial charge in [-0.05, 0) is 86.0 Å². The van der Waals surface area contributed by atoms with Crippen LogP contribution in [0.2, 0.25) is 0 Å². The van der Waals surface area contributed by atoms with E-state index < -0.39 is 0 Å². The molecular weight excluding hydrogens is 667 g/mol. The summed E-state index contributed by atoms with van der Waals surface area (Å²) in [7, 11) is 0. The molecule has 0 radical (unpaired) electrons. The van der Waals surface area contributed by atoms with Crippen LogP contribution in [0.1, 0.15) is 70.3 Å². The lowest BCUT2D eigenvalue weighted by molar-refractivity contribution is 0.302. The number of unbranched alkanes of at least 4 members (excludes halogenated alkanes) is 8. The Labute approximate surface area is 319 Å². The summed E-state index contributed by atoms with van der Waals surface area (Å²) in [6.45, 7) is 8.25. The van der Waals surface area contributed by atoms with Gasteiger partial charge in [-0.1, -0.05) is 118 Å². The van der Waals surface area contributed by atoms with E-state index in [2.05, 4.69) is 57.5 Å². The molecule has 0 amide bonds. The fraction of sp³-hybridized carbons (Fsp3) is 0.277. The number of benzene rings is 6. The Morgan fingerprint density at radius 3 is 1.41 bits per heavy atom. The number of ether oxygens (including phenoxy) is 2. The molecular formula is C47H51N5O2. The highest BCUT2D eigenvalue weighted by atomic mass is 16.5. The first-order valence-corrected chi connectivity index (χ1v) is 19.4. The predicted molar refractivity (Wildman–Crippen MR) is 226 cm³/mol. The van der Waals surface area contributed by atoms with Crippen molar-refractivity contribution >= 4 is 56.1 Å². The first kappa shape index (κ1) is 37.9. The highest BCUT2D eigenvalue weighted by Crippen LogP contribution is 2.37. The zero-order valence-corrected chi connectivity index (χ0v) is 31.4. The van der Waals surface area contributed by atoms with Gasteiger partial charge in [-0.15, -0.1) is 15.3 Å². The third-order valence-electron chi connectivity index (χ3n) is 9.46. The molecule has 0 aliphatic heterocycles. The summed E-state index contributed by atoms with van der Waals surface area (Å²) in [6.07, 6.45) is 12.9. The van der Waals surface area contributed by atoms with Crippen LogP contribution < -0.4 is 14.8 Å². The largest absolute Gasteiger partial charge is 0.494 e. The molecule has 1 N–H and O–H groups in total. The van der Waals surface area contributed by atoms with Crippen LogP contribution in [0.3, 0.4) is 0 Å². The summed E-state index contributed by atoms with van der Waals surface area (Å²) < 4.78 is 11.8. The van der Waals surface area contributed by atoms with E-state index in [-0.39, 0.29) is 0 Å². The van der Waals surface area contributed by atoms with Crippen LogP contribution in [0.4, 0.5) is 28.4 Å². The summed E-state index contributed by atoms with van der Waals surface area (Å²) in [5, 5.41) is 26.1. The molecule has 6 aromatic carbocycles. The van der Waals surface area contributed by atoms with Gasteiger partial charge in [0.1, 0.15) is 11.5 Å². The predicted octanol–water partition coefficient (Wildman–Crippen LogP) is 14.9. The van der Waals surface area contributed by atoms with Gasteiger partial charge >= 0.3 is 0 Å².